The molecule has 3 rings (SSSR count). The van der Waals surface area contributed by atoms with Gasteiger partial charge in [0.25, 0.3) is 0 Å². The third-order valence-electron chi connectivity index (χ3n) is 4.81. The maximum Gasteiger partial charge on any atom is 0.161 e. The average molecular weight is 325 g/mol. The lowest BCUT2D eigenvalue weighted by molar-refractivity contribution is 0.353. The van der Waals surface area contributed by atoms with Gasteiger partial charge in [-0.1, -0.05) is 45.0 Å². The van der Waals surface area contributed by atoms with Gasteiger partial charge < -0.3 is 14.8 Å². The van der Waals surface area contributed by atoms with Crippen LogP contribution in [0.2, 0.25) is 0 Å². The average Bonchev–Trinajstić information content (AvgIpc) is 2.59. The predicted octanol–water partition coefficient (Wildman–Crippen LogP) is 4.24. The lowest BCUT2D eigenvalue weighted by atomic mass is 9.84. The molecule has 0 radical (unpaired) electrons. The zero-order chi connectivity index (χ0) is 17.3. The molecule has 24 heavy (non-hydrogen) atoms. The molecule has 0 amide bonds. The first-order valence-corrected chi connectivity index (χ1v) is 8.52. The van der Waals surface area contributed by atoms with Gasteiger partial charge in [0.05, 0.1) is 20.3 Å². The smallest absolute Gasteiger partial charge is 0.161 e. The molecule has 1 N–H and O–H groups in total. The number of methoxy groups -OCH3 is 2. The van der Waals surface area contributed by atoms with Crippen molar-refractivity contribution >= 4 is 0 Å². The van der Waals surface area contributed by atoms with Gasteiger partial charge in [-0.25, -0.2) is 0 Å². The summed E-state index contributed by atoms with van der Waals surface area (Å²) in [5.74, 6) is 1.59. The first kappa shape index (κ1) is 16.8. The normalized spacial score (nSPS) is 17.3. The van der Waals surface area contributed by atoms with Gasteiger partial charge in [0.15, 0.2) is 11.5 Å². The van der Waals surface area contributed by atoms with Crippen LogP contribution in [0.5, 0.6) is 11.5 Å². The molecular formula is C21H27NO2. The van der Waals surface area contributed by atoms with Crippen LogP contribution in [0.15, 0.2) is 36.4 Å². The Hall–Kier alpha value is -2.00. The fourth-order valence-corrected chi connectivity index (χ4v) is 3.36. The highest BCUT2D eigenvalue weighted by Crippen LogP contribution is 2.37. The van der Waals surface area contributed by atoms with E-state index in [1.807, 2.05) is 0 Å². The van der Waals surface area contributed by atoms with Crippen LogP contribution in [0.3, 0.4) is 0 Å². The van der Waals surface area contributed by atoms with Crippen molar-refractivity contribution in [3.05, 3.63) is 58.7 Å². The summed E-state index contributed by atoms with van der Waals surface area (Å²) in [6.45, 7) is 7.70. The van der Waals surface area contributed by atoms with Gasteiger partial charge in [-0.2, -0.15) is 0 Å². The van der Waals surface area contributed by atoms with E-state index in [0.29, 0.717) is 0 Å². The van der Waals surface area contributed by atoms with Crippen molar-refractivity contribution in [3.8, 4) is 11.5 Å². The molecule has 3 nitrogen and oxygen atoms in total. The van der Waals surface area contributed by atoms with Crippen LogP contribution in [-0.2, 0) is 11.8 Å². The lowest BCUT2D eigenvalue weighted by Crippen LogP contribution is -2.30. The number of benzene rings is 2. The minimum Gasteiger partial charge on any atom is -0.493 e. The molecule has 1 aliphatic rings. The summed E-state index contributed by atoms with van der Waals surface area (Å²) < 4.78 is 10.9. The summed E-state index contributed by atoms with van der Waals surface area (Å²) in [5, 5.41) is 3.64. The Bertz CT molecular complexity index is 714. The molecule has 0 aliphatic carbocycles. The number of fused-ring (bicyclic) bond motifs is 1. The summed E-state index contributed by atoms with van der Waals surface area (Å²) in [6, 6.07) is 13.4. The summed E-state index contributed by atoms with van der Waals surface area (Å²) in [7, 11) is 3.38. The second-order valence-corrected chi connectivity index (χ2v) is 7.42. The zero-order valence-corrected chi connectivity index (χ0v) is 15.3. The minimum atomic E-state index is 0.174. The Labute approximate surface area is 145 Å². The van der Waals surface area contributed by atoms with Crippen molar-refractivity contribution in [3.63, 3.8) is 0 Å². The van der Waals surface area contributed by atoms with Gasteiger partial charge in [0, 0.05) is 6.54 Å². The standard InChI is InChI=1S/C21H27NO2/c1-21(2,3)16-8-6-14(7-9-16)20-17-13-19(24-5)18(23-4)12-15(17)10-11-22-20/h6-9,12-13,20,22H,10-11H2,1-5H3/t20-/m0/s1. The molecule has 0 bridgehead atoms. The Morgan fingerprint density at radius 1 is 0.958 bits per heavy atom. The van der Waals surface area contributed by atoms with E-state index in [2.05, 4.69) is 62.5 Å². The third kappa shape index (κ3) is 3.13. The summed E-state index contributed by atoms with van der Waals surface area (Å²) in [4.78, 5) is 0. The summed E-state index contributed by atoms with van der Waals surface area (Å²) >= 11 is 0. The van der Waals surface area contributed by atoms with Crippen LogP contribution in [0.1, 0.15) is 49.1 Å². The fraction of sp³-hybridized carbons (Fsp3) is 0.429. The first-order valence-electron chi connectivity index (χ1n) is 8.52. The van der Waals surface area contributed by atoms with E-state index < -0.39 is 0 Å². The molecule has 1 aliphatic heterocycles. The Balaban J connectivity index is 2.00. The van der Waals surface area contributed by atoms with E-state index in [0.717, 1.165) is 24.5 Å². The van der Waals surface area contributed by atoms with E-state index in [1.165, 1.54) is 22.3 Å². The highest BCUT2D eigenvalue weighted by molar-refractivity contribution is 5.51. The monoisotopic (exact) mass is 325 g/mol. The van der Waals surface area contributed by atoms with Crippen LogP contribution in [0, 0.1) is 0 Å². The number of nitrogens with one attached hydrogen (secondary N) is 1. The molecule has 128 valence electrons. The van der Waals surface area contributed by atoms with Gasteiger partial charge in [0.2, 0.25) is 0 Å². The molecule has 0 fully saturated rings. The van der Waals surface area contributed by atoms with E-state index in [-0.39, 0.29) is 11.5 Å². The van der Waals surface area contributed by atoms with Gasteiger partial charge in [-0.3, -0.25) is 0 Å². The van der Waals surface area contributed by atoms with E-state index in [4.69, 9.17) is 9.47 Å². The maximum atomic E-state index is 5.50. The number of rotatable bonds is 3. The van der Waals surface area contributed by atoms with E-state index >= 15 is 0 Å². The van der Waals surface area contributed by atoms with Crippen molar-refractivity contribution in [2.75, 3.05) is 20.8 Å². The second kappa shape index (κ2) is 6.48. The van der Waals surface area contributed by atoms with Crippen molar-refractivity contribution in [1.29, 1.82) is 0 Å². The van der Waals surface area contributed by atoms with Gasteiger partial charge >= 0.3 is 0 Å². The van der Waals surface area contributed by atoms with Crippen LogP contribution < -0.4 is 14.8 Å². The molecule has 0 unspecified atom stereocenters. The van der Waals surface area contributed by atoms with Crippen LogP contribution in [0.25, 0.3) is 0 Å². The fourth-order valence-electron chi connectivity index (χ4n) is 3.36. The van der Waals surface area contributed by atoms with Gasteiger partial charge in [-0.15, -0.1) is 0 Å². The first-order chi connectivity index (χ1) is 11.4. The molecule has 1 atom stereocenters. The number of ether oxygens (including phenoxy) is 2. The summed E-state index contributed by atoms with van der Waals surface area (Å²) in [6.07, 6.45) is 1.01. The van der Waals surface area contributed by atoms with E-state index in [9.17, 15) is 0 Å². The van der Waals surface area contributed by atoms with E-state index in [1.54, 1.807) is 14.2 Å². The SMILES string of the molecule is COc1cc2c(cc1OC)[C@H](c1ccc(C(C)(C)C)cc1)NCC2. The van der Waals surface area contributed by atoms with Crippen molar-refractivity contribution in [2.24, 2.45) is 0 Å². The largest absolute Gasteiger partial charge is 0.493 e. The predicted molar refractivity (Wildman–Crippen MR) is 98.2 cm³/mol. The van der Waals surface area contributed by atoms with Gasteiger partial charge in [0.1, 0.15) is 0 Å². The summed E-state index contributed by atoms with van der Waals surface area (Å²) in [5.41, 5.74) is 5.43. The number of hydrogen-bond donors (Lipinski definition) is 1. The van der Waals surface area contributed by atoms with Crippen LogP contribution in [0.4, 0.5) is 0 Å². The Kier molecular flexibility index (Phi) is 4.55. The van der Waals surface area contributed by atoms with Crippen molar-refractivity contribution < 1.29 is 9.47 Å². The lowest BCUT2D eigenvalue weighted by Gasteiger charge is -2.29. The van der Waals surface area contributed by atoms with Crippen LogP contribution in [-0.4, -0.2) is 20.8 Å². The molecule has 3 heteroatoms. The van der Waals surface area contributed by atoms with Crippen LogP contribution >= 0.6 is 0 Å². The maximum absolute atomic E-state index is 5.50. The molecule has 0 aromatic heterocycles. The third-order valence-corrected chi connectivity index (χ3v) is 4.81. The zero-order valence-electron chi connectivity index (χ0n) is 15.3. The number of hydrogen-bond acceptors (Lipinski definition) is 3. The topological polar surface area (TPSA) is 30.5 Å². The molecular weight excluding hydrogens is 298 g/mol. The molecule has 2 aromatic rings. The Morgan fingerprint density at radius 3 is 2.17 bits per heavy atom. The second-order valence-electron chi connectivity index (χ2n) is 7.42. The molecule has 0 saturated carbocycles. The minimum absolute atomic E-state index is 0.174. The van der Waals surface area contributed by atoms with Crippen molar-refractivity contribution in [1.82, 2.24) is 5.32 Å². The Morgan fingerprint density at radius 2 is 1.58 bits per heavy atom. The molecule has 1 heterocycles. The quantitative estimate of drug-likeness (QED) is 0.916. The molecule has 0 saturated heterocycles. The highest BCUT2D eigenvalue weighted by atomic mass is 16.5. The van der Waals surface area contributed by atoms with Crippen molar-refractivity contribution in [2.45, 2.75) is 38.6 Å². The molecule has 0 spiro atoms. The molecule has 2 aromatic carbocycles. The highest BCUT2D eigenvalue weighted by Gasteiger charge is 2.24. The van der Waals surface area contributed by atoms with Gasteiger partial charge in [-0.05, 0) is 46.2 Å².